The summed E-state index contributed by atoms with van der Waals surface area (Å²) < 4.78 is 27.4. The molecule has 0 saturated heterocycles. The lowest BCUT2D eigenvalue weighted by Gasteiger charge is -2.15. The Bertz CT molecular complexity index is 1500. The van der Waals surface area contributed by atoms with Crippen molar-refractivity contribution >= 4 is 11.9 Å². The molecule has 3 aromatic rings. The Labute approximate surface area is 217 Å². The highest BCUT2D eigenvalue weighted by Crippen LogP contribution is 2.32. The van der Waals surface area contributed by atoms with Crippen molar-refractivity contribution in [3.05, 3.63) is 86.1 Å². The van der Waals surface area contributed by atoms with Gasteiger partial charge in [-0.15, -0.1) is 0 Å². The largest absolute Gasteiger partial charge is 0.481 e. The van der Waals surface area contributed by atoms with Crippen LogP contribution in [0.3, 0.4) is 0 Å². The highest BCUT2D eigenvalue weighted by Gasteiger charge is 2.18. The number of rotatable bonds is 10. The van der Waals surface area contributed by atoms with Gasteiger partial charge in [0.05, 0.1) is 41.8 Å². The number of carboxylic acid groups (broad SMARTS) is 1. The minimum atomic E-state index is -1.15. The summed E-state index contributed by atoms with van der Waals surface area (Å²) in [6.07, 6.45) is -0.336. The monoisotopic (exact) mass is 518 g/mol. The van der Waals surface area contributed by atoms with Crippen molar-refractivity contribution in [2.75, 3.05) is 0 Å². The molecule has 1 N–H and O–H groups in total. The van der Waals surface area contributed by atoms with Crippen LogP contribution < -0.4 is 10.3 Å². The molecular formula is C27H23FN4O6. The smallest absolute Gasteiger partial charge is 0.308 e. The van der Waals surface area contributed by atoms with E-state index < -0.39 is 36.5 Å². The molecule has 0 radical (unpaired) electrons. The van der Waals surface area contributed by atoms with Gasteiger partial charge in [0.2, 0.25) is 0 Å². The Hall–Kier alpha value is -5.03. The average Bonchev–Trinajstić information content (AvgIpc) is 2.90. The summed E-state index contributed by atoms with van der Waals surface area (Å²) in [5.41, 5.74) is 1.25. The molecule has 0 atom stereocenters. The second kappa shape index (κ2) is 12.3. The van der Waals surface area contributed by atoms with E-state index in [4.69, 9.17) is 14.6 Å². The van der Waals surface area contributed by atoms with E-state index in [1.807, 2.05) is 19.1 Å². The van der Waals surface area contributed by atoms with Crippen molar-refractivity contribution in [1.29, 1.82) is 10.5 Å². The minimum absolute atomic E-state index is 0.0258. The summed E-state index contributed by atoms with van der Waals surface area (Å²) in [5, 5.41) is 31.3. The highest BCUT2D eigenvalue weighted by atomic mass is 19.1. The van der Waals surface area contributed by atoms with E-state index in [9.17, 15) is 24.9 Å². The Morgan fingerprint density at radius 3 is 2.34 bits per heavy atom. The summed E-state index contributed by atoms with van der Waals surface area (Å²) in [4.78, 5) is 34.8. The van der Waals surface area contributed by atoms with Crippen LogP contribution >= 0.6 is 0 Å². The number of carbonyl (C=O) groups is 2. The first kappa shape index (κ1) is 27.6. The number of aryl methyl sites for hydroxylation is 2. The molecule has 0 bridgehead atoms. The molecule has 194 valence electrons. The van der Waals surface area contributed by atoms with E-state index in [0.717, 1.165) is 4.68 Å². The van der Waals surface area contributed by atoms with Crippen LogP contribution in [0.1, 0.15) is 53.3 Å². The standard InChI is InChI=1S/C27H23FN4O6/c1-3-19-4-5-20(25(28)26(19)38-22-10-17(13-29)9-18(11-22)14-30)12-21-8-16(2)27(36)32(31-21)15-37-24(35)7-6-23(33)34/h4-5,8-11H,3,6-7,12,15H2,1-2H3,(H,33,34). The molecule has 0 aliphatic heterocycles. The van der Waals surface area contributed by atoms with Crippen molar-refractivity contribution in [2.24, 2.45) is 0 Å². The van der Waals surface area contributed by atoms with Gasteiger partial charge in [-0.1, -0.05) is 19.1 Å². The van der Waals surface area contributed by atoms with Crippen LogP contribution in [-0.4, -0.2) is 26.8 Å². The maximum atomic E-state index is 15.7. The van der Waals surface area contributed by atoms with Crippen LogP contribution in [-0.2, 0) is 33.9 Å². The quantitative estimate of drug-likeness (QED) is 0.395. The van der Waals surface area contributed by atoms with Crippen LogP contribution in [0.4, 0.5) is 4.39 Å². The number of hydrogen-bond acceptors (Lipinski definition) is 8. The first-order valence-corrected chi connectivity index (χ1v) is 11.5. The zero-order chi connectivity index (χ0) is 27.8. The molecular weight excluding hydrogens is 495 g/mol. The van der Waals surface area contributed by atoms with E-state index in [1.165, 1.54) is 31.2 Å². The number of ether oxygens (including phenoxy) is 2. The normalized spacial score (nSPS) is 10.3. The fourth-order valence-corrected chi connectivity index (χ4v) is 3.59. The van der Waals surface area contributed by atoms with Crippen LogP contribution in [0.2, 0.25) is 0 Å². The minimum Gasteiger partial charge on any atom is -0.481 e. The number of aromatic nitrogens is 2. The third-order valence-corrected chi connectivity index (χ3v) is 5.49. The molecule has 0 unspecified atom stereocenters. The van der Waals surface area contributed by atoms with Crippen LogP contribution in [0, 0.1) is 35.4 Å². The molecule has 0 saturated carbocycles. The lowest BCUT2D eigenvalue weighted by molar-refractivity contribution is -0.151. The Balaban J connectivity index is 1.89. The van der Waals surface area contributed by atoms with Gasteiger partial charge < -0.3 is 14.6 Å². The second-order valence-electron chi connectivity index (χ2n) is 8.29. The average molecular weight is 519 g/mol. The van der Waals surface area contributed by atoms with Gasteiger partial charge in [0, 0.05) is 12.0 Å². The van der Waals surface area contributed by atoms with Gasteiger partial charge in [0.1, 0.15) is 5.75 Å². The Morgan fingerprint density at radius 2 is 1.74 bits per heavy atom. The Kier molecular flexibility index (Phi) is 8.91. The summed E-state index contributed by atoms with van der Waals surface area (Å²) in [6.45, 7) is 2.84. The molecule has 11 heteroatoms. The summed E-state index contributed by atoms with van der Waals surface area (Å²) in [6, 6.07) is 12.9. The lowest BCUT2D eigenvalue weighted by Crippen LogP contribution is -2.28. The van der Waals surface area contributed by atoms with Crippen LogP contribution in [0.5, 0.6) is 11.5 Å². The summed E-state index contributed by atoms with van der Waals surface area (Å²) in [7, 11) is 0. The van der Waals surface area contributed by atoms with Gasteiger partial charge in [-0.3, -0.25) is 14.4 Å². The first-order valence-electron chi connectivity index (χ1n) is 11.5. The zero-order valence-corrected chi connectivity index (χ0v) is 20.7. The molecule has 1 aromatic heterocycles. The van der Waals surface area contributed by atoms with E-state index in [2.05, 4.69) is 5.10 Å². The van der Waals surface area contributed by atoms with Gasteiger partial charge in [0.15, 0.2) is 18.3 Å². The topological polar surface area (TPSA) is 155 Å². The van der Waals surface area contributed by atoms with E-state index in [1.54, 1.807) is 12.1 Å². The molecule has 0 aliphatic carbocycles. The Morgan fingerprint density at radius 1 is 1.08 bits per heavy atom. The van der Waals surface area contributed by atoms with Crippen molar-refractivity contribution in [1.82, 2.24) is 9.78 Å². The number of hydrogen-bond donors (Lipinski definition) is 1. The molecule has 3 rings (SSSR count). The van der Waals surface area contributed by atoms with Crippen molar-refractivity contribution in [3.8, 4) is 23.6 Å². The number of carbonyl (C=O) groups excluding carboxylic acids is 1. The molecule has 0 fully saturated rings. The fourth-order valence-electron chi connectivity index (χ4n) is 3.59. The molecule has 38 heavy (non-hydrogen) atoms. The van der Waals surface area contributed by atoms with Crippen molar-refractivity contribution < 1.29 is 28.6 Å². The summed E-state index contributed by atoms with van der Waals surface area (Å²) in [5.74, 6) is -2.53. The van der Waals surface area contributed by atoms with Gasteiger partial charge in [-0.05, 0) is 48.7 Å². The number of nitriles is 2. The first-order chi connectivity index (χ1) is 18.1. The van der Waals surface area contributed by atoms with Gasteiger partial charge in [-0.25, -0.2) is 4.39 Å². The number of nitrogens with zero attached hydrogens (tertiary/aromatic N) is 4. The molecule has 0 aliphatic rings. The predicted octanol–water partition coefficient (Wildman–Crippen LogP) is 3.75. The maximum absolute atomic E-state index is 15.7. The van der Waals surface area contributed by atoms with Crippen LogP contribution in [0.15, 0.2) is 41.2 Å². The third-order valence-electron chi connectivity index (χ3n) is 5.49. The number of benzene rings is 2. The maximum Gasteiger partial charge on any atom is 0.308 e. The van der Waals surface area contributed by atoms with Gasteiger partial charge in [0.25, 0.3) is 5.56 Å². The fraction of sp³-hybridized carbons (Fsp3) is 0.259. The molecule has 10 nitrogen and oxygen atoms in total. The van der Waals surface area contributed by atoms with Gasteiger partial charge in [-0.2, -0.15) is 20.3 Å². The number of aliphatic carboxylic acids is 1. The van der Waals surface area contributed by atoms with Crippen molar-refractivity contribution in [2.45, 2.75) is 46.3 Å². The molecule has 0 spiro atoms. The number of carboxylic acids is 1. The zero-order valence-electron chi connectivity index (χ0n) is 20.7. The van der Waals surface area contributed by atoms with Gasteiger partial charge >= 0.3 is 11.9 Å². The highest BCUT2D eigenvalue weighted by molar-refractivity contribution is 5.76. The molecule has 1 heterocycles. The lowest BCUT2D eigenvalue weighted by atomic mass is 10.0. The summed E-state index contributed by atoms with van der Waals surface area (Å²) >= 11 is 0. The van der Waals surface area contributed by atoms with Crippen LogP contribution in [0.25, 0.3) is 0 Å². The molecule has 2 aromatic carbocycles. The number of esters is 1. The second-order valence-corrected chi connectivity index (χ2v) is 8.29. The predicted molar refractivity (Wildman–Crippen MR) is 131 cm³/mol. The van der Waals surface area contributed by atoms with E-state index >= 15 is 4.39 Å². The molecule has 0 amide bonds. The van der Waals surface area contributed by atoms with Crippen molar-refractivity contribution in [3.63, 3.8) is 0 Å². The SMILES string of the molecule is CCc1ccc(Cc2cc(C)c(=O)n(COC(=O)CCC(=O)O)n2)c(F)c1Oc1cc(C#N)cc(C#N)c1. The third kappa shape index (κ3) is 6.80. The number of halogens is 1. The van der Waals surface area contributed by atoms with E-state index in [0.29, 0.717) is 17.7 Å². The van der Waals surface area contributed by atoms with E-state index in [-0.39, 0.29) is 46.6 Å².